The van der Waals surface area contributed by atoms with E-state index in [2.05, 4.69) is 20.2 Å². The Kier molecular flexibility index (Phi) is 8.34. The van der Waals surface area contributed by atoms with E-state index in [4.69, 9.17) is 21.2 Å². The molecule has 1 aliphatic heterocycles. The molecular formula is C31H30ClF3N4O6. The van der Waals surface area contributed by atoms with Crippen molar-refractivity contribution in [2.75, 3.05) is 23.9 Å². The van der Waals surface area contributed by atoms with Gasteiger partial charge in [-0.05, 0) is 69.5 Å². The molecular weight excluding hydrogens is 617 g/mol. The van der Waals surface area contributed by atoms with Gasteiger partial charge in [-0.3, -0.25) is 9.78 Å². The van der Waals surface area contributed by atoms with Gasteiger partial charge in [-0.1, -0.05) is 22.8 Å². The second-order valence-electron chi connectivity index (χ2n) is 11.4. The third-order valence-electron chi connectivity index (χ3n) is 7.74. The number of methoxy groups -OCH3 is 1. The number of nitrogens with zero attached hydrogens (tertiary/aromatic N) is 3. The first-order chi connectivity index (χ1) is 21.1. The highest BCUT2D eigenvalue weighted by molar-refractivity contribution is 6.30. The van der Waals surface area contributed by atoms with Crippen molar-refractivity contribution in [3.05, 3.63) is 76.6 Å². The summed E-state index contributed by atoms with van der Waals surface area (Å²) in [6.07, 6.45) is -1.92. The number of anilines is 2. The lowest BCUT2D eigenvalue weighted by Gasteiger charge is -2.26. The Balaban J connectivity index is 1.51. The number of carboxylic acids is 1. The number of amides is 1. The highest BCUT2D eigenvalue weighted by Crippen LogP contribution is 2.57. The molecule has 14 heteroatoms. The normalized spacial score (nSPS) is 16.2. The Morgan fingerprint density at radius 1 is 1.11 bits per heavy atom. The van der Waals surface area contributed by atoms with Crippen LogP contribution in [0.15, 0.2) is 59.9 Å². The summed E-state index contributed by atoms with van der Waals surface area (Å²) in [5, 5.41) is 16.9. The molecule has 2 N–H and O–H groups in total. The number of ether oxygens (including phenoxy) is 2. The van der Waals surface area contributed by atoms with Gasteiger partial charge in [0, 0.05) is 41.5 Å². The molecule has 1 fully saturated rings. The van der Waals surface area contributed by atoms with Crippen LogP contribution in [0.2, 0.25) is 5.02 Å². The summed E-state index contributed by atoms with van der Waals surface area (Å²) < 4.78 is 48.8. The average Bonchev–Trinajstić information content (AvgIpc) is 3.69. The molecule has 3 aromatic rings. The van der Waals surface area contributed by atoms with Crippen LogP contribution >= 0.6 is 11.6 Å². The molecule has 1 aliphatic carbocycles. The van der Waals surface area contributed by atoms with Gasteiger partial charge < -0.3 is 29.6 Å². The molecule has 1 spiro atoms. The number of oxime groups is 1. The lowest BCUT2D eigenvalue weighted by molar-refractivity contribution is -0.274. The number of nitrogens with one attached hydrogen (secondary N) is 1. The van der Waals surface area contributed by atoms with Crippen molar-refractivity contribution in [2.24, 2.45) is 5.16 Å². The van der Waals surface area contributed by atoms with Gasteiger partial charge in [-0.2, -0.15) is 0 Å². The van der Waals surface area contributed by atoms with Crippen LogP contribution in [0.3, 0.4) is 0 Å². The van der Waals surface area contributed by atoms with Gasteiger partial charge in [0.25, 0.3) is 5.91 Å². The molecule has 0 bridgehead atoms. The van der Waals surface area contributed by atoms with Crippen LogP contribution in [0, 0.1) is 0 Å². The van der Waals surface area contributed by atoms with E-state index in [1.54, 1.807) is 43.3 Å². The summed E-state index contributed by atoms with van der Waals surface area (Å²) in [5.41, 5.74) is 0.786. The number of benzene rings is 2. The minimum atomic E-state index is -4.89. The first-order valence-corrected chi connectivity index (χ1v) is 14.2. The van der Waals surface area contributed by atoms with Gasteiger partial charge in [-0.15, -0.1) is 13.2 Å². The predicted molar refractivity (Wildman–Crippen MR) is 160 cm³/mol. The smallest absolute Gasteiger partial charge is 0.497 e. The van der Waals surface area contributed by atoms with E-state index in [-0.39, 0.29) is 12.0 Å². The minimum absolute atomic E-state index is 0.286. The minimum Gasteiger partial charge on any atom is -0.497 e. The van der Waals surface area contributed by atoms with Crippen LogP contribution in [0.4, 0.5) is 24.5 Å². The second kappa shape index (κ2) is 11.8. The summed E-state index contributed by atoms with van der Waals surface area (Å²) in [6.45, 7) is 4.63. The number of aromatic nitrogens is 1. The molecule has 1 unspecified atom stereocenters. The summed E-state index contributed by atoms with van der Waals surface area (Å²) in [6, 6.07) is 11.1. The van der Waals surface area contributed by atoms with Crippen LogP contribution in [-0.4, -0.2) is 53.3 Å². The second-order valence-corrected chi connectivity index (χ2v) is 11.9. The molecule has 0 radical (unpaired) electrons. The maximum absolute atomic E-state index is 14.4. The standard InChI is InChI=1S/C31H30ClF3N4O6/c1-17(38-45-29(2,3)28(41)42)18-11-20(13-22(12-18)43-4)37-26(24-8-5-19(32)15-36-24)27(40)39-16-30(9-10-30)23-7-6-21(14-25(23)39)44-31(33,34)35/h5-8,11-15,26,37H,9-10,16H2,1-4H3,(H,41,42)/b38-17+. The first-order valence-electron chi connectivity index (χ1n) is 13.9. The van der Waals surface area contributed by atoms with E-state index in [0.717, 1.165) is 18.4 Å². The number of hydrogen-bond donors (Lipinski definition) is 2. The number of carbonyl (C=O) groups excluding carboxylic acids is 1. The summed E-state index contributed by atoms with van der Waals surface area (Å²) in [7, 11) is 1.46. The third-order valence-corrected chi connectivity index (χ3v) is 7.96. The first kappa shape index (κ1) is 31.9. The molecule has 1 atom stereocenters. The van der Waals surface area contributed by atoms with Crippen LogP contribution < -0.4 is 19.7 Å². The van der Waals surface area contributed by atoms with E-state index in [1.807, 2.05) is 0 Å². The highest BCUT2D eigenvalue weighted by Gasteiger charge is 2.54. The third kappa shape index (κ3) is 6.93. The van der Waals surface area contributed by atoms with Crippen molar-refractivity contribution in [3.8, 4) is 11.5 Å². The zero-order valence-electron chi connectivity index (χ0n) is 24.7. The molecule has 2 aromatic carbocycles. The van der Waals surface area contributed by atoms with Crippen molar-refractivity contribution in [1.82, 2.24) is 4.98 Å². The van der Waals surface area contributed by atoms with E-state index in [0.29, 0.717) is 39.1 Å². The molecule has 2 aliphatic rings. The van der Waals surface area contributed by atoms with E-state index in [9.17, 15) is 27.9 Å². The summed E-state index contributed by atoms with van der Waals surface area (Å²) >= 11 is 6.08. The lowest BCUT2D eigenvalue weighted by atomic mass is 9.99. The van der Waals surface area contributed by atoms with Gasteiger partial charge >= 0.3 is 12.3 Å². The monoisotopic (exact) mass is 646 g/mol. The van der Waals surface area contributed by atoms with Crippen LogP contribution in [-0.2, 0) is 19.8 Å². The number of pyridine rings is 1. The molecule has 45 heavy (non-hydrogen) atoms. The number of aliphatic carboxylic acids is 1. The molecule has 0 saturated heterocycles. The quantitative estimate of drug-likeness (QED) is 0.190. The van der Waals surface area contributed by atoms with Crippen molar-refractivity contribution < 1.29 is 42.2 Å². The van der Waals surface area contributed by atoms with Crippen LogP contribution in [0.5, 0.6) is 11.5 Å². The Labute approximate surface area is 261 Å². The van der Waals surface area contributed by atoms with Gasteiger partial charge in [-0.25, -0.2) is 4.79 Å². The Morgan fingerprint density at radius 2 is 1.84 bits per heavy atom. The summed E-state index contributed by atoms with van der Waals surface area (Å²) in [5.74, 6) is -1.68. The molecule has 10 nitrogen and oxygen atoms in total. The maximum atomic E-state index is 14.4. The molecule has 1 amide bonds. The fraction of sp³-hybridized carbons (Fsp3) is 0.355. The largest absolute Gasteiger partial charge is 0.573 e. The molecule has 238 valence electrons. The number of fused-ring (bicyclic) bond motifs is 2. The van der Waals surface area contributed by atoms with Gasteiger partial charge in [0.05, 0.1) is 29.2 Å². The lowest BCUT2D eigenvalue weighted by Crippen LogP contribution is -2.38. The topological polar surface area (TPSA) is 123 Å². The molecule has 1 aromatic heterocycles. The average molecular weight is 647 g/mol. The molecule has 5 rings (SSSR count). The van der Waals surface area contributed by atoms with Crippen LogP contribution in [0.1, 0.15) is 56.5 Å². The zero-order valence-corrected chi connectivity index (χ0v) is 25.5. The highest BCUT2D eigenvalue weighted by atomic mass is 35.5. The predicted octanol–water partition coefficient (Wildman–Crippen LogP) is 6.48. The fourth-order valence-electron chi connectivity index (χ4n) is 5.05. The number of carboxylic acid groups (broad SMARTS) is 1. The van der Waals surface area contributed by atoms with Gasteiger partial charge in [0.2, 0.25) is 5.60 Å². The van der Waals surface area contributed by atoms with E-state index < -0.39 is 35.6 Å². The van der Waals surface area contributed by atoms with Crippen molar-refractivity contribution in [2.45, 2.75) is 57.0 Å². The van der Waals surface area contributed by atoms with Crippen LogP contribution in [0.25, 0.3) is 0 Å². The Hall–Kier alpha value is -4.52. The Bertz CT molecular complexity index is 1660. The number of carbonyl (C=O) groups is 2. The number of rotatable bonds is 10. The van der Waals surface area contributed by atoms with Gasteiger partial charge in [0.1, 0.15) is 17.5 Å². The van der Waals surface area contributed by atoms with E-state index in [1.165, 1.54) is 44.2 Å². The fourth-order valence-corrected chi connectivity index (χ4v) is 5.17. The zero-order chi connectivity index (χ0) is 32.7. The summed E-state index contributed by atoms with van der Waals surface area (Å²) in [4.78, 5) is 36.9. The maximum Gasteiger partial charge on any atom is 0.573 e. The number of hydrogen-bond acceptors (Lipinski definition) is 8. The SMILES string of the molecule is COc1cc(NC(C(=O)N2CC3(CC3)c3ccc(OC(F)(F)F)cc32)c2ccc(Cl)cn2)cc(/C(C)=N/OC(C)(C)C(=O)O)c1. The van der Waals surface area contributed by atoms with Crippen molar-refractivity contribution >= 4 is 40.6 Å². The van der Waals surface area contributed by atoms with Crippen molar-refractivity contribution in [1.29, 1.82) is 0 Å². The number of alkyl halides is 3. The Morgan fingerprint density at radius 3 is 2.44 bits per heavy atom. The number of halogens is 4. The van der Waals surface area contributed by atoms with Crippen molar-refractivity contribution in [3.63, 3.8) is 0 Å². The molecule has 2 heterocycles. The van der Waals surface area contributed by atoms with E-state index >= 15 is 0 Å². The van der Waals surface area contributed by atoms with Gasteiger partial charge in [0.15, 0.2) is 0 Å². The molecule has 1 saturated carbocycles.